The number of hydrogen-bond donors (Lipinski definition) is 2. The largest absolute Gasteiger partial charge is 0.396 e. The first-order valence-electron chi connectivity index (χ1n) is 8.04. The molecule has 1 heterocycles. The zero-order chi connectivity index (χ0) is 17.6. The van der Waals surface area contributed by atoms with Gasteiger partial charge in [0.25, 0.3) is 5.91 Å². The number of rotatable bonds is 8. The molecule has 130 valence electrons. The maximum Gasteiger partial charge on any atom is 0.251 e. The summed E-state index contributed by atoms with van der Waals surface area (Å²) in [4.78, 5) is 16.6. The number of hydrogen-bond acceptors (Lipinski definition) is 4. The Kier molecular flexibility index (Phi) is 6.45. The lowest BCUT2D eigenvalue weighted by molar-refractivity contribution is 0.0948. The highest BCUT2D eigenvalue weighted by atomic mass is 32.2. The molecule has 0 bridgehead atoms. The van der Waals surface area contributed by atoms with Crippen LogP contribution in [0.4, 0.5) is 0 Å². The van der Waals surface area contributed by atoms with Gasteiger partial charge in [0.2, 0.25) is 0 Å². The molecular formula is C18H25N3O2S. The molecule has 2 aromatic rings. The Hall–Kier alpha value is -1.79. The van der Waals surface area contributed by atoms with E-state index in [0.29, 0.717) is 12.1 Å². The molecule has 0 radical (unpaired) electrons. The first kappa shape index (κ1) is 18.5. The predicted molar refractivity (Wildman–Crippen MR) is 97.8 cm³/mol. The normalized spacial score (nSPS) is 11.5. The van der Waals surface area contributed by atoms with E-state index >= 15 is 0 Å². The van der Waals surface area contributed by atoms with Gasteiger partial charge in [-0.2, -0.15) is 0 Å². The quantitative estimate of drug-likeness (QED) is 0.569. The van der Waals surface area contributed by atoms with Crippen molar-refractivity contribution < 1.29 is 9.90 Å². The van der Waals surface area contributed by atoms with E-state index in [-0.39, 0.29) is 17.9 Å². The third kappa shape index (κ3) is 4.85. The minimum absolute atomic E-state index is 0.0792. The summed E-state index contributed by atoms with van der Waals surface area (Å²) in [6.45, 7) is 4.80. The van der Waals surface area contributed by atoms with Crippen molar-refractivity contribution in [3.05, 3.63) is 42.2 Å². The molecule has 2 N–H and O–H groups in total. The van der Waals surface area contributed by atoms with Crippen molar-refractivity contribution in [1.82, 2.24) is 14.9 Å². The first-order valence-corrected chi connectivity index (χ1v) is 9.26. The fraction of sp³-hybridized carbons (Fsp3) is 0.444. The summed E-state index contributed by atoms with van der Waals surface area (Å²) in [5.74, 6) is -0.0792. The standard InChI is InChI=1S/C18H25N3O2S/c1-18(2,13-22)8-5-9-19-16(23)14-6-4-7-15(12-14)21-11-10-20-17(21)24-3/h4,6-7,10-12,22H,5,8-9,13H2,1-3H3,(H,19,23). The van der Waals surface area contributed by atoms with Gasteiger partial charge < -0.3 is 10.4 Å². The summed E-state index contributed by atoms with van der Waals surface area (Å²) >= 11 is 1.56. The Balaban J connectivity index is 1.97. The number of aromatic nitrogens is 2. The van der Waals surface area contributed by atoms with Crippen LogP contribution in [0.15, 0.2) is 41.8 Å². The maximum atomic E-state index is 12.3. The molecule has 0 aliphatic heterocycles. The lowest BCUT2D eigenvalue weighted by Crippen LogP contribution is -2.26. The van der Waals surface area contributed by atoms with Crippen molar-refractivity contribution in [2.75, 3.05) is 19.4 Å². The number of carbonyl (C=O) groups is 1. The van der Waals surface area contributed by atoms with Crippen LogP contribution in [0.3, 0.4) is 0 Å². The van der Waals surface area contributed by atoms with Crippen LogP contribution in [-0.2, 0) is 0 Å². The monoisotopic (exact) mass is 347 g/mol. The molecule has 1 aromatic heterocycles. The van der Waals surface area contributed by atoms with E-state index in [1.807, 2.05) is 55.1 Å². The number of carbonyl (C=O) groups excluding carboxylic acids is 1. The number of thioether (sulfide) groups is 1. The van der Waals surface area contributed by atoms with Crippen LogP contribution < -0.4 is 5.32 Å². The Morgan fingerprint density at radius 3 is 2.92 bits per heavy atom. The van der Waals surface area contributed by atoms with E-state index in [0.717, 1.165) is 23.7 Å². The fourth-order valence-corrected chi connectivity index (χ4v) is 2.91. The SMILES string of the molecule is CSc1nccn1-c1cccc(C(=O)NCCCC(C)(C)CO)c1. The molecule has 0 spiro atoms. The zero-order valence-electron chi connectivity index (χ0n) is 14.5. The molecule has 0 saturated carbocycles. The summed E-state index contributed by atoms with van der Waals surface area (Å²) in [6, 6.07) is 7.52. The summed E-state index contributed by atoms with van der Waals surface area (Å²) in [5.41, 5.74) is 1.46. The Morgan fingerprint density at radius 2 is 2.21 bits per heavy atom. The highest BCUT2D eigenvalue weighted by Gasteiger charge is 2.16. The third-order valence-corrected chi connectivity index (χ3v) is 4.59. The lowest BCUT2D eigenvalue weighted by atomic mass is 9.89. The van der Waals surface area contributed by atoms with E-state index in [4.69, 9.17) is 0 Å². The molecule has 0 unspecified atom stereocenters. The number of amides is 1. The summed E-state index contributed by atoms with van der Waals surface area (Å²) in [7, 11) is 0. The van der Waals surface area contributed by atoms with Gasteiger partial charge in [0.15, 0.2) is 5.16 Å². The Bertz CT molecular complexity index is 682. The molecule has 1 amide bonds. The number of nitrogens with zero attached hydrogens (tertiary/aromatic N) is 2. The van der Waals surface area contributed by atoms with Crippen LogP contribution in [0.2, 0.25) is 0 Å². The van der Waals surface area contributed by atoms with E-state index in [2.05, 4.69) is 10.3 Å². The first-order chi connectivity index (χ1) is 11.5. The van der Waals surface area contributed by atoms with E-state index in [9.17, 15) is 9.90 Å². The van der Waals surface area contributed by atoms with Crippen LogP contribution in [0, 0.1) is 5.41 Å². The molecule has 6 heteroatoms. The molecule has 2 rings (SSSR count). The highest BCUT2D eigenvalue weighted by molar-refractivity contribution is 7.98. The van der Waals surface area contributed by atoms with E-state index < -0.39 is 0 Å². The van der Waals surface area contributed by atoms with Crippen molar-refractivity contribution in [1.29, 1.82) is 0 Å². The van der Waals surface area contributed by atoms with Gasteiger partial charge in [-0.1, -0.05) is 31.7 Å². The van der Waals surface area contributed by atoms with Crippen molar-refractivity contribution in [2.24, 2.45) is 5.41 Å². The molecule has 0 aliphatic carbocycles. The minimum atomic E-state index is -0.0969. The molecular weight excluding hydrogens is 322 g/mol. The second-order valence-electron chi connectivity index (χ2n) is 6.52. The van der Waals surface area contributed by atoms with Crippen molar-refractivity contribution in [3.8, 4) is 5.69 Å². The fourth-order valence-electron chi connectivity index (χ4n) is 2.38. The Labute approximate surface area is 147 Å². The average Bonchev–Trinajstić information content (AvgIpc) is 3.07. The van der Waals surface area contributed by atoms with Crippen LogP contribution in [0.25, 0.3) is 5.69 Å². The van der Waals surface area contributed by atoms with E-state index in [1.165, 1.54) is 0 Å². The van der Waals surface area contributed by atoms with Gasteiger partial charge in [0.1, 0.15) is 0 Å². The zero-order valence-corrected chi connectivity index (χ0v) is 15.3. The van der Waals surface area contributed by atoms with Gasteiger partial charge >= 0.3 is 0 Å². The van der Waals surface area contributed by atoms with Crippen LogP contribution >= 0.6 is 11.8 Å². The van der Waals surface area contributed by atoms with Crippen LogP contribution in [0.1, 0.15) is 37.0 Å². The molecule has 0 saturated heterocycles. The molecule has 0 fully saturated rings. The van der Waals surface area contributed by atoms with Gasteiger partial charge in [0, 0.05) is 36.8 Å². The van der Waals surface area contributed by atoms with Crippen LogP contribution in [-0.4, -0.2) is 40.0 Å². The molecule has 24 heavy (non-hydrogen) atoms. The highest BCUT2D eigenvalue weighted by Crippen LogP contribution is 2.21. The number of aliphatic hydroxyl groups is 1. The van der Waals surface area contributed by atoms with Crippen molar-refractivity contribution >= 4 is 17.7 Å². The lowest BCUT2D eigenvalue weighted by Gasteiger charge is -2.21. The van der Waals surface area contributed by atoms with Crippen molar-refractivity contribution in [2.45, 2.75) is 31.8 Å². The summed E-state index contributed by atoms with van der Waals surface area (Å²) < 4.78 is 1.96. The second-order valence-corrected chi connectivity index (χ2v) is 7.29. The topological polar surface area (TPSA) is 67.2 Å². The second kappa shape index (κ2) is 8.35. The van der Waals surface area contributed by atoms with Gasteiger partial charge in [0.05, 0.1) is 0 Å². The maximum absolute atomic E-state index is 12.3. The molecule has 1 aromatic carbocycles. The van der Waals surface area contributed by atoms with Gasteiger partial charge in [-0.05, 0) is 42.7 Å². The van der Waals surface area contributed by atoms with Crippen LogP contribution in [0.5, 0.6) is 0 Å². The van der Waals surface area contributed by atoms with Gasteiger partial charge in [-0.25, -0.2) is 4.98 Å². The van der Waals surface area contributed by atoms with E-state index in [1.54, 1.807) is 18.0 Å². The number of aliphatic hydroxyl groups excluding tert-OH is 1. The molecule has 5 nitrogen and oxygen atoms in total. The number of nitrogens with one attached hydrogen (secondary N) is 1. The number of benzene rings is 1. The smallest absolute Gasteiger partial charge is 0.251 e. The predicted octanol–water partition coefficient (Wildman–Crippen LogP) is 3.12. The third-order valence-electron chi connectivity index (χ3n) is 3.92. The van der Waals surface area contributed by atoms with Gasteiger partial charge in [-0.15, -0.1) is 0 Å². The number of imidazole rings is 1. The minimum Gasteiger partial charge on any atom is -0.396 e. The summed E-state index contributed by atoms with van der Waals surface area (Å²) in [5, 5.41) is 13.1. The average molecular weight is 347 g/mol. The molecule has 0 aliphatic rings. The van der Waals surface area contributed by atoms with Gasteiger partial charge in [-0.3, -0.25) is 9.36 Å². The van der Waals surface area contributed by atoms with Crippen molar-refractivity contribution in [3.63, 3.8) is 0 Å². The molecule has 0 atom stereocenters. The Morgan fingerprint density at radius 1 is 1.42 bits per heavy atom. The summed E-state index contributed by atoms with van der Waals surface area (Å²) in [6.07, 6.45) is 7.33.